The van der Waals surface area contributed by atoms with E-state index in [0.29, 0.717) is 6.42 Å². The molecule has 5 heteroatoms. The third-order valence-electron chi connectivity index (χ3n) is 2.44. The van der Waals surface area contributed by atoms with Crippen molar-refractivity contribution < 1.29 is 4.92 Å². The lowest BCUT2D eigenvalue weighted by molar-refractivity contribution is -0.385. The molecule has 0 N–H and O–H groups in total. The zero-order chi connectivity index (χ0) is 12.3. The minimum atomic E-state index is -0.330. The van der Waals surface area contributed by atoms with Crippen LogP contribution in [0.2, 0.25) is 0 Å². The first kappa shape index (κ1) is 12.3. The Morgan fingerprint density at radius 1 is 1.29 bits per heavy atom. The molecule has 0 fully saturated rings. The highest BCUT2D eigenvalue weighted by Crippen LogP contribution is 2.32. The monoisotopic (exact) mass is 311 g/mol. The first-order valence-electron chi connectivity index (χ1n) is 5.08. The summed E-state index contributed by atoms with van der Waals surface area (Å²) < 4.78 is 0. The van der Waals surface area contributed by atoms with E-state index in [-0.39, 0.29) is 15.4 Å². The van der Waals surface area contributed by atoms with Gasteiger partial charge in [0.25, 0.3) is 5.69 Å². The van der Waals surface area contributed by atoms with E-state index in [1.165, 1.54) is 4.88 Å². The average Bonchev–Trinajstić information content (AvgIpc) is 2.83. The van der Waals surface area contributed by atoms with Crippen LogP contribution in [0.25, 0.3) is 0 Å². The maximum atomic E-state index is 10.9. The van der Waals surface area contributed by atoms with E-state index in [1.807, 2.05) is 23.6 Å². The van der Waals surface area contributed by atoms with Gasteiger partial charge in [-0.15, -0.1) is 11.3 Å². The molecule has 3 nitrogen and oxygen atoms in total. The molecule has 2 aromatic rings. The Labute approximate surface area is 111 Å². The summed E-state index contributed by atoms with van der Waals surface area (Å²) in [5.41, 5.74) is 0.946. The molecule has 88 valence electrons. The minimum absolute atomic E-state index is 0.128. The molecule has 0 aliphatic carbocycles. The van der Waals surface area contributed by atoms with E-state index in [0.717, 1.165) is 5.56 Å². The van der Waals surface area contributed by atoms with Crippen molar-refractivity contribution in [2.75, 3.05) is 0 Å². The van der Waals surface area contributed by atoms with Gasteiger partial charge in [-0.1, -0.05) is 40.2 Å². The zero-order valence-corrected chi connectivity index (χ0v) is 11.3. The van der Waals surface area contributed by atoms with E-state index < -0.39 is 0 Å². The van der Waals surface area contributed by atoms with Crippen molar-refractivity contribution in [2.45, 2.75) is 11.2 Å². The number of halogens is 1. The number of benzene rings is 1. The third-order valence-corrected chi connectivity index (χ3v) is 4.55. The Hall–Kier alpha value is -1.20. The lowest BCUT2D eigenvalue weighted by atomic mass is 10.1. The number of alkyl halides is 1. The Bertz CT molecular complexity index is 513. The highest BCUT2D eigenvalue weighted by molar-refractivity contribution is 9.09. The molecule has 0 saturated carbocycles. The predicted octanol–water partition coefficient (Wildman–Crippen LogP) is 4.34. The molecule has 0 amide bonds. The van der Waals surface area contributed by atoms with Gasteiger partial charge in [-0.25, -0.2) is 0 Å². The van der Waals surface area contributed by atoms with Crippen LogP contribution < -0.4 is 0 Å². The van der Waals surface area contributed by atoms with E-state index >= 15 is 0 Å². The zero-order valence-electron chi connectivity index (χ0n) is 8.88. The van der Waals surface area contributed by atoms with Crippen LogP contribution in [-0.4, -0.2) is 4.92 Å². The van der Waals surface area contributed by atoms with E-state index in [1.54, 1.807) is 29.5 Å². The smallest absolute Gasteiger partial charge is 0.258 e. The van der Waals surface area contributed by atoms with Gasteiger partial charge in [0.15, 0.2) is 0 Å². The van der Waals surface area contributed by atoms with Crippen molar-refractivity contribution in [3.05, 3.63) is 62.3 Å². The minimum Gasteiger partial charge on any atom is -0.258 e. The Morgan fingerprint density at radius 2 is 2.06 bits per heavy atom. The normalized spacial score (nSPS) is 12.3. The maximum absolute atomic E-state index is 10.9. The van der Waals surface area contributed by atoms with Gasteiger partial charge in [0, 0.05) is 16.5 Å². The SMILES string of the molecule is O=[N+]([O-])c1ccccc1CC(Br)c1cccs1. The molecular weight excluding hydrogens is 302 g/mol. The van der Waals surface area contributed by atoms with Gasteiger partial charge in [-0.2, -0.15) is 0 Å². The van der Waals surface area contributed by atoms with Gasteiger partial charge >= 0.3 is 0 Å². The standard InChI is InChI=1S/C12H10BrNO2S/c13-10(12-6-3-7-17-12)8-9-4-1-2-5-11(9)14(15)16/h1-7,10H,8H2. The molecule has 0 radical (unpaired) electrons. The van der Waals surface area contributed by atoms with Crippen LogP contribution in [0.5, 0.6) is 0 Å². The topological polar surface area (TPSA) is 43.1 Å². The number of nitro benzene ring substituents is 1. The van der Waals surface area contributed by atoms with Crippen LogP contribution in [0.4, 0.5) is 5.69 Å². The molecular formula is C12H10BrNO2S. The second-order valence-electron chi connectivity index (χ2n) is 3.57. The first-order valence-corrected chi connectivity index (χ1v) is 6.88. The molecule has 2 rings (SSSR count). The molecule has 1 atom stereocenters. The maximum Gasteiger partial charge on any atom is 0.272 e. The van der Waals surface area contributed by atoms with Crippen LogP contribution in [0.1, 0.15) is 15.3 Å². The average molecular weight is 312 g/mol. The van der Waals surface area contributed by atoms with Gasteiger partial charge in [0.2, 0.25) is 0 Å². The summed E-state index contributed by atoms with van der Waals surface area (Å²) in [4.78, 5) is 11.9. The number of hydrogen-bond acceptors (Lipinski definition) is 3. The molecule has 1 aromatic heterocycles. The molecule has 17 heavy (non-hydrogen) atoms. The van der Waals surface area contributed by atoms with Crippen molar-refractivity contribution in [1.82, 2.24) is 0 Å². The van der Waals surface area contributed by atoms with E-state index in [9.17, 15) is 10.1 Å². The van der Waals surface area contributed by atoms with Crippen LogP contribution in [0, 0.1) is 10.1 Å². The van der Waals surface area contributed by atoms with Crippen molar-refractivity contribution >= 4 is 33.0 Å². The fraction of sp³-hybridized carbons (Fsp3) is 0.167. The fourth-order valence-electron chi connectivity index (χ4n) is 1.62. The molecule has 0 spiro atoms. The third kappa shape index (κ3) is 2.92. The summed E-state index contributed by atoms with van der Waals surface area (Å²) in [6.45, 7) is 0. The van der Waals surface area contributed by atoms with Crippen LogP contribution >= 0.6 is 27.3 Å². The van der Waals surface area contributed by atoms with Gasteiger partial charge in [0.05, 0.1) is 9.75 Å². The van der Waals surface area contributed by atoms with Crippen LogP contribution in [-0.2, 0) is 6.42 Å². The summed E-state index contributed by atoms with van der Waals surface area (Å²) in [5.74, 6) is 0. The Balaban J connectivity index is 2.21. The Kier molecular flexibility index (Phi) is 3.91. The second-order valence-corrected chi connectivity index (χ2v) is 5.66. The van der Waals surface area contributed by atoms with Crippen LogP contribution in [0.15, 0.2) is 41.8 Å². The van der Waals surface area contributed by atoms with Gasteiger partial charge < -0.3 is 0 Å². The van der Waals surface area contributed by atoms with Crippen molar-refractivity contribution in [1.29, 1.82) is 0 Å². The number of nitrogens with zero attached hydrogens (tertiary/aromatic N) is 1. The first-order chi connectivity index (χ1) is 8.18. The Morgan fingerprint density at radius 3 is 2.71 bits per heavy atom. The molecule has 1 heterocycles. The summed E-state index contributed by atoms with van der Waals surface area (Å²) in [6, 6.07) is 10.9. The number of hydrogen-bond donors (Lipinski definition) is 0. The number of para-hydroxylation sites is 1. The summed E-state index contributed by atoms with van der Waals surface area (Å²) >= 11 is 5.22. The summed E-state index contributed by atoms with van der Waals surface area (Å²) in [7, 11) is 0. The predicted molar refractivity (Wildman–Crippen MR) is 72.8 cm³/mol. The highest BCUT2D eigenvalue weighted by atomic mass is 79.9. The van der Waals surface area contributed by atoms with Crippen molar-refractivity contribution in [2.24, 2.45) is 0 Å². The largest absolute Gasteiger partial charge is 0.272 e. The van der Waals surface area contributed by atoms with Gasteiger partial charge in [-0.05, 0) is 17.9 Å². The van der Waals surface area contributed by atoms with Crippen LogP contribution in [0.3, 0.4) is 0 Å². The quantitative estimate of drug-likeness (QED) is 0.479. The highest BCUT2D eigenvalue weighted by Gasteiger charge is 2.17. The van der Waals surface area contributed by atoms with Gasteiger partial charge in [-0.3, -0.25) is 10.1 Å². The summed E-state index contributed by atoms with van der Waals surface area (Å²) in [5, 5.41) is 12.9. The fourth-order valence-corrected chi connectivity index (χ4v) is 3.15. The van der Waals surface area contributed by atoms with E-state index in [4.69, 9.17) is 0 Å². The van der Waals surface area contributed by atoms with E-state index in [2.05, 4.69) is 15.9 Å². The molecule has 0 bridgehead atoms. The molecule has 1 unspecified atom stereocenters. The second kappa shape index (κ2) is 5.42. The summed E-state index contributed by atoms with van der Waals surface area (Å²) in [6.07, 6.45) is 0.623. The van der Waals surface area contributed by atoms with Gasteiger partial charge in [0.1, 0.15) is 0 Å². The molecule has 1 aromatic carbocycles. The lowest BCUT2D eigenvalue weighted by Crippen LogP contribution is -1.98. The van der Waals surface area contributed by atoms with Crippen molar-refractivity contribution in [3.8, 4) is 0 Å². The number of rotatable bonds is 4. The lowest BCUT2D eigenvalue weighted by Gasteiger charge is -2.07. The van der Waals surface area contributed by atoms with Crippen molar-refractivity contribution in [3.63, 3.8) is 0 Å². The molecule has 0 aliphatic rings. The molecule has 0 aliphatic heterocycles. The number of nitro groups is 1. The number of thiophene rings is 1. The molecule has 0 saturated heterocycles.